The molecule has 0 aliphatic heterocycles. The van der Waals surface area contributed by atoms with Crippen molar-refractivity contribution in [3.8, 4) is 5.88 Å². The molecule has 0 spiro atoms. The first-order chi connectivity index (χ1) is 11.6. The Balaban J connectivity index is 2.22. The lowest BCUT2D eigenvalue weighted by Crippen LogP contribution is -2.53. The SMILES string of the molecule is C/C=C1\C2C=C(C=O)CC1(NC(=O)OC)c1ccc(OC)nc1C2. The molecule has 0 saturated heterocycles. The molecular weight excluding hydrogens is 308 g/mol. The average molecular weight is 328 g/mol. The van der Waals surface area contributed by atoms with E-state index in [2.05, 4.69) is 10.3 Å². The van der Waals surface area contributed by atoms with Crippen LogP contribution >= 0.6 is 0 Å². The van der Waals surface area contributed by atoms with E-state index in [0.717, 1.165) is 23.1 Å². The number of hydrogen-bond acceptors (Lipinski definition) is 5. The third-order valence-corrected chi connectivity index (χ3v) is 4.77. The van der Waals surface area contributed by atoms with Gasteiger partial charge in [-0.25, -0.2) is 9.78 Å². The Morgan fingerprint density at radius 3 is 2.83 bits per heavy atom. The van der Waals surface area contributed by atoms with Gasteiger partial charge in [-0.2, -0.15) is 0 Å². The van der Waals surface area contributed by atoms with Gasteiger partial charge in [0.1, 0.15) is 6.29 Å². The van der Waals surface area contributed by atoms with Crippen molar-refractivity contribution in [2.24, 2.45) is 5.92 Å². The van der Waals surface area contributed by atoms with Gasteiger partial charge in [-0.3, -0.25) is 4.79 Å². The highest BCUT2D eigenvalue weighted by Crippen LogP contribution is 2.49. The summed E-state index contributed by atoms with van der Waals surface area (Å²) in [6.45, 7) is 1.94. The van der Waals surface area contributed by atoms with Crippen LogP contribution in [0.1, 0.15) is 24.6 Å². The Bertz CT molecular complexity index is 753. The van der Waals surface area contributed by atoms with Gasteiger partial charge in [0.25, 0.3) is 0 Å². The Kier molecular flexibility index (Phi) is 4.13. The van der Waals surface area contributed by atoms with Gasteiger partial charge in [-0.15, -0.1) is 0 Å². The maximum Gasteiger partial charge on any atom is 0.407 e. The summed E-state index contributed by atoms with van der Waals surface area (Å²) < 4.78 is 10.1. The second kappa shape index (κ2) is 6.11. The summed E-state index contributed by atoms with van der Waals surface area (Å²) in [5.74, 6) is 0.539. The maximum atomic E-state index is 12.1. The number of pyridine rings is 1. The molecule has 1 amide bonds. The van der Waals surface area contributed by atoms with Gasteiger partial charge < -0.3 is 14.8 Å². The van der Waals surface area contributed by atoms with Gasteiger partial charge in [0, 0.05) is 30.4 Å². The first-order valence-electron chi connectivity index (χ1n) is 7.81. The minimum atomic E-state index is -0.815. The molecule has 3 rings (SSSR count). The molecule has 6 heteroatoms. The second-order valence-electron chi connectivity index (χ2n) is 5.96. The zero-order valence-electron chi connectivity index (χ0n) is 14.0. The zero-order valence-corrected chi connectivity index (χ0v) is 14.0. The predicted octanol–water partition coefficient (Wildman–Crippen LogP) is 2.29. The van der Waals surface area contributed by atoms with Crippen molar-refractivity contribution in [1.82, 2.24) is 10.3 Å². The number of allylic oxidation sites excluding steroid dienone is 2. The quantitative estimate of drug-likeness (QED) is 0.680. The van der Waals surface area contributed by atoms with Gasteiger partial charge in [0.05, 0.1) is 25.5 Å². The molecule has 2 atom stereocenters. The molecule has 0 aromatic carbocycles. The fourth-order valence-electron chi connectivity index (χ4n) is 3.85. The fraction of sp³-hybridized carbons (Fsp3) is 0.389. The third-order valence-electron chi connectivity index (χ3n) is 4.77. The molecule has 1 N–H and O–H groups in total. The normalized spacial score (nSPS) is 26.2. The second-order valence-corrected chi connectivity index (χ2v) is 5.96. The molecule has 1 aromatic heterocycles. The van der Waals surface area contributed by atoms with Crippen molar-refractivity contribution in [3.63, 3.8) is 0 Å². The highest BCUT2D eigenvalue weighted by Gasteiger charge is 2.48. The summed E-state index contributed by atoms with van der Waals surface area (Å²) in [6, 6.07) is 3.68. The molecular formula is C18H20N2O4. The number of hydrogen-bond donors (Lipinski definition) is 1. The summed E-state index contributed by atoms with van der Waals surface area (Å²) in [4.78, 5) is 28.0. The first-order valence-corrected chi connectivity index (χ1v) is 7.81. The lowest BCUT2D eigenvalue weighted by Gasteiger charge is -2.47. The van der Waals surface area contributed by atoms with Crippen LogP contribution in [0.15, 0.2) is 35.4 Å². The molecule has 0 fully saturated rings. The van der Waals surface area contributed by atoms with E-state index in [-0.39, 0.29) is 5.92 Å². The summed E-state index contributed by atoms with van der Waals surface area (Å²) >= 11 is 0. The van der Waals surface area contributed by atoms with E-state index in [4.69, 9.17) is 9.47 Å². The number of amides is 1. The summed E-state index contributed by atoms with van der Waals surface area (Å²) in [5.41, 5.74) is 2.65. The molecule has 0 saturated carbocycles. The highest BCUT2D eigenvalue weighted by molar-refractivity contribution is 5.78. The van der Waals surface area contributed by atoms with Crippen molar-refractivity contribution in [2.45, 2.75) is 25.3 Å². The predicted molar refractivity (Wildman–Crippen MR) is 87.7 cm³/mol. The van der Waals surface area contributed by atoms with Crippen molar-refractivity contribution >= 4 is 12.4 Å². The minimum absolute atomic E-state index is 0.00760. The van der Waals surface area contributed by atoms with Crippen LogP contribution in [0.4, 0.5) is 4.79 Å². The molecule has 2 aliphatic rings. The number of carbonyl (C=O) groups excluding carboxylic acids is 2. The number of methoxy groups -OCH3 is 2. The number of nitrogens with zero attached hydrogens (tertiary/aromatic N) is 1. The molecule has 24 heavy (non-hydrogen) atoms. The van der Waals surface area contributed by atoms with E-state index in [9.17, 15) is 9.59 Å². The van der Waals surface area contributed by atoms with Crippen LogP contribution in [-0.4, -0.2) is 31.6 Å². The van der Waals surface area contributed by atoms with Crippen LogP contribution in [0.2, 0.25) is 0 Å². The number of rotatable bonds is 3. The van der Waals surface area contributed by atoms with Crippen LogP contribution < -0.4 is 10.1 Å². The smallest absolute Gasteiger partial charge is 0.407 e. The zero-order chi connectivity index (χ0) is 17.3. The van der Waals surface area contributed by atoms with Gasteiger partial charge in [0.15, 0.2) is 0 Å². The van der Waals surface area contributed by atoms with Gasteiger partial charge in [-0.1, -0.05) is 12.2 Å². The summed E-state index contributed by atoms with van der Waals surface area (Å²) in [7, 11) is 2.90. The van der Waals surface area contributed by atoms with Gasteiger partial charge in [-0.05, 0) is 24.1 Å². The van der Waals surface area contributed by atoms with E-state index in [1.807, 2.05) is 25.1 Å². The van der Waals surface area contributed by atoms with Crippen LogP contribution in [0.25, 0.3) is 0 Å². The van der Waals surface area contributed by atoms with Crippen molar-refractivity contribution in [1.29, 1.82) is 0 Å². The van der Waals surface area contributed by atoms with Crippen molar-refractivity contribution < 1.29 is 19.1 Å². The molecule has 2 unspecified atom stereocenters. The number of alkyl carbamates (subject to hydrolysis) is 1. The third kappa shape index (κ3) is 2.38. The molecule has 2 bridgehead atoms. The van der Waals surface area contributed by atoms with E-state index in [0.29, 0.717) is 24.3 Å². The van der Waals surface area contributed by atoms with Crippen LogP contribution in [0.5, 0.6) is 5.88 Å². The molecule has 6 nitrogen and oxygen atoms in total. The average Bonchev–Trinajstić information content (AvgIpc) is 2.60. The van der Waals surface area contributed by atoms with Gasteiger partial charge in [0.2, 0.25) is 5.88 Å². The number of carbonyl (C=O) groups is 2. The van der Waals surface area contributed by atoms with Crippen molar-refractivity contribution in [2.75, 3.05) is 14.2 Å². The number of nitrogens with one attached hydrogen (secondary N) is 1. The Morgan fingerprint density at radius 1 is 1.42 bits per heavy atom. The highest BCUT2D eigenvalue weighted by atomic mass is 16.5. The maximum absolute atomic E-state index is 12.1. The number of fused-ring (bicyclic) bond motifs is 4. The van der Waals surface area contributed by atoms with E-state index >= 15 is 0 Å². The molecule has 1 aromatic rings. The molecule has 1 heterocycles. The number of aldehydes is 1. The molecule has 2 aliphatic carbocycles. The van der Waals surface area contributed by atoms with Crippen LogP contribution in [-0.2, 0) is 21.5 Å². The van der Waals surface area contributed by atoms with E-state index in [1.165, 1.54) is 7.11 Å². The number of aromatic nitrogens is 1. The Morgan fingerprint density at radius 2 is 2.21 bits per heavy atom. The standard InChI is InChI=1S/C18H20N2O4/c1-4-13-12-7-11(10-21)9-18(13,20-17(22)24-3)14-5-6-16(23-2)19-15(14)8-12/h4-7,10,12H,8-9H2,1-3H3,(H,20,22)/b13-4+. The van der Waals surface area contributed by atoms with Gasteiger partial charge >= 0.3 is 6.09 Å². The monoisotopic (exact) mass is 328 g/mol. The molecule has 126 valence electrons. The summed E-state index contributed by atoms with van der Waals surface area (Å²) in [5, 5.41) is 2.96. The lowest BCUT2D eigenvalue weighted by atomic mass is 9.63. The Hall–Kier alpha value is -2.63. The number of ether oxygens (including phenoxy) is 2. The van der Waals surface area contributed by atoms with Crippen LogP contribution in [0, 0.1) is 5.92 Å². The van der Waals surface area contributed by atoms with Crippen LogP contribution in [0.3, 0.4) is 0 Å². The topological polar surface area (TPSA) is 77.5 Å². The fourth-order valence-corrected chi connectivity index (χ4v) is 3.85. The minimum Gasteiger partial charge on any atom is -0.481 e. The van der Waals surface area contributed by atoms with Crippen molar-refractivity contribution in [3.05, 3.63) is 46.7 Å². The van der Waals surface area contributed by atoms with E-state index in [1.54, 1.807) is 13.2 Å². The Labute approximate surface area is 140 Å². The summed E-state index contributed by atoms with van der Waals surface area (Å²) in [6.07, 6.45) is 5.32. The largest absolute Gasteiger partial charge is 0.481 e. The lowest BCUT2D eigenvalue weighted by molar-refractivity contribution is -0.105. The first kappa shape index (κ1) is 16.2. The molecule has 0 radical (unpaired) electrons. The van der Waals surface area contributed by atoms with E-state index < -0.39 is 11.6 Å².